The SMILES string of the molecule is COCCCCN1C(=O)C(C)(C)Oc2c(F)cc(C(=O)N(C(C)C)[C@@H]3CCCN(C(=O)O)C3)cc21. The summed E-state index contributed by atoms with van der Waals surface area (Å²) in [6.07, 6.45) is 1.63. The maximum atomic E-state index is 15.3. The third-order valence-corrected chi connectivity index (χ3v) is 6.51. The fourth-order valence-corrected chi connectivity index (χ4v) is 4.80. The number of fused-ring (bicyclic) bond motifs is 1. The van der Waals surface area contributed by atoms with Gasteiger partial charge in [0.2, 0.25) is 0 Å². The van der Waals surface area contributed by atoms with Gasteiger partial charge in [-0.25, -0.2) is 9.18 Å². The molecule has 0 aliphatic carbocycles. The molecule has 0 radical (unpaired) electrons. The van der Waals surface area contributed by atoms with Gasteiger partial charge in [0.15, 0.2) is 17.2 Å². The molecule has 0 spiro atoms. The number of benzene rings is 1. The van der Waals surface area contributed by atoms with Crippen molar-refractivity contribution in [1.29, 1.82) is 0 Å². The molecule has 10 heteroatoms. The molecular weight excluding hydrogens is 457 g/mol. The Morgan fingerprint density at radius 1 is 1.31 bits per heavy atom. The van der Waals surface area contributed by atoms with Crippen molar-refractivity contribution in [3.05, 3.63) is 23.5 Å². The van der Waals surface area contributed by atoms with Crippen LogP contribution in [0.5, 0.6) is 5.75 Å². The Bertz CT molecular complexity index is 967. The Morgan fingerprint density at radius 3 is 2.66 bits per heavy atom. The van der Waals surface area contributed by atoms with Gasteiger partial charge in [0, 0.05) is 45.0 Å². The Kier molecular flexibility index (Phi) is 8.25. The van der Waals surface area contributed by atoms with Crippen LogP contribution in [0.4, 0.5) is 14.9 Å². The second-order valence-electron chi connectivity index (χ2n) is 9.91. The molecule has 1 aromatic carbocycles. The van der Waals surface area contributed by atoms with Crippen LogP contribution >= 0.6 is 0 Å². The van der Waals surface area contributed by atoms with E-state index < -0.39 is 23.4 Å². The summed E-state index contributed by atoms with van der Waals surface area (Å²) in [5.41, 5.74) is -0.914. The Hall–Kier alpha value is -2.88. The van der Waals surface area contributed by atoms with Crippen molar-refractivity contribution >= 4 is 23.6 Å². The van der Waals surface area contributed by atoms with Gasteiger partial charge >= 0.3 is 6.09 Å². The van der Waals surface area contributed by atoms with E-state index in [4.69, 9.17) is 9.47 Å². The van der Waals surface area contributed by atoms with E-state index in [0.717, 1.165) is 12.5 Å². The molecule has 0 bridgehead atoms. The van der Waals surface area contributed by atoms with Crippen LogP contribution in [-0.2, 0) is 9.53 Å². The second-order valence-corrected chi connectivity index (χ2v) is 9.91. The molecule has 1 aromatic rings. The molecule has 2 heterocycles. The number of carboxylic acid groups (broad SMARTS) is 1. The minimum Gasteiger partial charge on any atom is -0.473 e. The van der Waals surface area contributed by atoms with Crippen molar-refractivity contribution in [2.45, 2.75) is 71.1 Å². The number of ether oxygens (including phenoxy) is 2. The lowest BCUT2D eigenvalue weighted by molar-refractivity contribution is -0.132. The van der Waals surface area contributed by atoms with Gasteiger partial charge in [-0.2, -0.15) is 0 Å². The number of piperidine rings is 1. The molecular formula is C25H36FN3O6. The van der Waals surface area contributed by atoms with Gasteiger partial charge in [0.1, 0.15) is 0 Å². The molecule has 3 rings (SSSR count). The van der Waals surface area contributed by atoms with E-state index in [2.05, 4.69) is 0 Å². The first-order valence-corrected chi connectivity index (χ1v) is 12.1. The highest BCUT2D eigenvalue weighted by molar-refractivity contribution is 6.04. The number of rotatable bonds is 8. The number of anilines is 1. The summed E-state index contributed by atoms with van der Waals surface area (Å²) in [4.78, 5) is 42.7. The average molecular weight is 494 g/mol. The molecule has 1 N–H and O–H groups in total. The molecule has 3 amide bonds. The van der Waals surface area contributed by atoms with Crippen LogP contribution in [0.25, 0.3) is 0 Å². The Balaban J connectivity index is 1.96. The standard InChI is InChI=1S/C25H36FN3O6/c1-16(2)29(18-9-8-10-27(15-18)24(32)33)22(30)17-13-19(26)21-20(14-17)28(11-6-7-12-34-5)23(31)25(3,4)35-21/h13-14,16,18H,6-12,15H2,1-5H3,(H,32,33)/t18-/m1/s1. The lowest BCUT2D eigenvalue weighted by atomic mass is 9.99. The number of halogens is 1. The predicted molar refractivity (Wildman–Crippen MR) is 128 cm³/mol. The number of unbranched alkanes of at least 4 members (excludes halogenated alkanes) is 1. The number of hydrogen-bond donors (Lipinski definition) is 1. The van der Waals surface area contributed by atoms with E-state index in [1.807, 2.05) is 13.8 Å². The fourth-order valence-electron chi connectivity index (χ4n) is 4.80. The number of likely N-dealkylation sites (tertiary alicyclic amines) is 1. The number of carbonyl (C=O) groups is 3. The first-order chi connectivity index (χ1) is 16.5. The summed E-state index contributed by atoms with van der Waals surface area (Å²) in [6, 6.07) is 2.09. The number of nitrogens with zero attached hydrogens (tertiary/aromatic N) is 3. The van der Waals surface area contributed by atoms with Crippen molar-refractivity contribution < 1.29 is 33.4 Å². The third-order valence-electron chi connectivity index (χ3n) is 6.51. The second kappa shape index (κ2) is 10.8. The van der Waals surface area contributed by atoms with Gasteiger partial charge in [-0.3, -0.25) is 9.59 Å². The van der Waals surface area contributed by atoms with E-state index in [1.165, 1.54) is 15.9 Å². The molecule has 194 valence electrons. The summed E-state index contributed by atoms with van der Waals surface area (Å²) < 4.78 is 26.1. The van der Waals surface area contributed by atoms with Crippen LogP contribution in [0.1, 0.15) is 63.7 Å². The largest absolute Gasteiger partial charge is 0.473 e. The zero-order valence-electron chi connectivity index (χ0n) is 21.2. The van der Waals surface area contributed by atoms with Gasteiger partial charge in [-0.15, -0.1) is 0 Å². The minimum atomic E-state index is -1.24. The monoisotopic (exact) mass is 493 g/mol. The Morgan fingerprint density at radius 2 is 2.03 bits per heavy atom. The van der Waals surface area contributed by atoms with Gasteiger partial charge in [0.25, 0.3) is 11.8 Å². The van der Waals surface area contributed by atoms with Gasteiger partial charge < -0.3 is 29.3 Å². The molecule has 9 nitrogen and oxygen atoms in total. The molecule has 2 aliphatic heterocycles. The molecule has 0 aromatic heterocycles. The highest BCUT2D eigenvalue weighted by Gasteiger charge is 2.43. The lowest BCUT2D eigenvalue weighted by Gasteiger charge is -2.41. The smallest absolute Gasteiger partial charge is 0.407 e. The van der Waals surface area contributed by atoms with Crippen molar-refractivity contribution in [3.8, 4) is 5.75 Å². The first-order valence-electron chi connectivity index (χ1n) is 12.1. The summed E-state index contributed by atoms with van der Waals surface area (Å²) >= 11 is 0. The first kappa shape index (κ1) is 26.7. The van der Waals surface area contributed by atoms with Crippen LogP contribution < -0.4 is 9.64 Å². The fraction of sp³-hybridized carbons (Fsp3) is 0.640. The van der Waals surface area contributed by atoms with Crippen molar-refractivity contribution in [3.63, 3.8) is 0 Å². The molecule has 2 aliphatic rings. The molecule has 35 heavy (non-hydrogen) atoms. The maximum absolute atomic E-state index is 15.3. The maximum Gasteiger partial charge on any atom is 0.407 e. The van der Waals surface area contributed by atoms with Crippen molar-refractivity contribution in [2.24, 2.45) is 0 Å². The van der Waals surface area contributed by atoms with Crippen LogP contribution in [0, 0.1) is 5.82 Å². The van der Waals surface area contributed by atoms with Gasteiger partial charge in [-0.05, 0) is 65.5 Å². The minimum absolute atomic E-state index is 0.0521. The molecule has 0 unspecified atom stereocenters. The van der Waals surface area contributed by atoms with E-state index in [1.54, 1.807) is 25.9 Å². The zero-order valence-corrected chi connectivity index (χ0v) is 21.2. The number of carbonyl (C=O) groups excluding carboxylic acids is 2. The normalized spacial score (nSPS) is 19.4. The van der Waals surface area contributed by atoms with Crippen molar-refractivity contribution in [2.75, 3.05) is 38.3 Å². The zero-order chi connectivity index (χ0) is 25.9. The van der Waals surface area contributed by atoms with Crippen LogP contribution in [0.2, 0.25) is 0 Å². The number of amides is 3. The van der Waals surface area contributed by atoms with Gasteiger partial charge in [0.05, 0.1) is 11.7 Å². The quantitative estimate of drug-likeness (QED) is 0.554. The van der Waals surface area contributed by atoms with E-state index in [-0.39, 0.29) is 41.5 Å². The average Bonchev–Trinajstić information content (AvgIpc) is 2.79. The summed E-state index contributed by atoms with van der Waals surface area (Å²) in [5.74, 6) is -1.48. The van der Waals surface area contributed by atoms with Gasteiger partial charge in [-0.1, -0.05) is 0 Å². The molecule has 1 atom stereocenters. The van der Waals surface area contributed by atoms with Crippen LogP contribution in [0.15, 0.2) is 12.1 Å². The van der Waals surface area contributed by atoms with Crippen LogP contribution in [0.3, 0.4) is 0 Å². The van der Waals surface area contributed by atoms with Crippen LogP contribution in [-0.4, -0.2) is 83.8 Å². The van der Waals surface area contributed by atoms with E-state index >= 15 is 4.39 Å². The molecule has 1 fully saturated rings. The summed E-state index contributed by atoms with van der Waals surface area (Å²) in [5, 5.41) is 9.42. The van der Waals surface area contributed by atoms with E-state index in [0.29, 0.717) is 39.0 Å². The Labute approximate surface area is 205 Å². The van der Waals surface area contributed by atoms with E-state index in [9.17, 15) is 19.5 Å². The predicted octanol–water partition coefficient (Wildman–Crippen LogP) is 3.75. The summed E-state index contributed by atoms with van der Waals surface area (Å²) in [7, 11) is 1.61. The molecule has 1 saturated heterocycles. The number of hydrogen-bond acceptors (Lipinski definition) is 5. The third kappa shape index (κ3) is 5.69. The lowest BCUT2D eigenvalue weighted by Crippen LogP contribution is -2.54. The topological polar surface area (TPSA) is 99.6 Å². The molecule has 0 saturated carbocycles. The summed E-state index contributed by atoms with van der Waals surface area (Å²) in [6.45, 7) is 8.39. The number of methoxy groups -OCH3 is 1. The highest BCUT2D eigenvalue weighted by Crippen LogP contribution is 2.41. The van der Waals surface area contributed by atoms with Crippen molar-refractivity contribution in [1.82, 2.24) is 9.80 Å². The highest BCUT2D eigenvalue weighted by atomic mass is 19.1.